The molecule has 0 unspecified atom stereocenters. The van der Waals surface area contributed by atoms with E-state index in [9.17, 15) is 18.0 Å². The summed E-state index contributed by atoms with van der Waals surface area (Å²) in [4.78, 5) is 22.0. The molecule has 4 aromatic rings. The van der Waals surface area contributed by atoms with Crippen LogP contribution < -0.4 is 5.32 Å². The summed E-state index contributed by atoms with van der Waals surface area (Å²) < 4.78 is 44.0. The molecule has 164 valence electrons. The summed E-state index contributed by atoms with van der Waals surface area (Å²) in [7, 11) is 0. The third kappa shape index (κ3) is 5.17. The smallest absolute Gasteiger partial charge is 0.338 e. The Balaban J connectivity index is 1.48. The highest BCUT2D eigenvalue weighted by atomic mass is 32.2. The summed E-state index contributed by atoms with van der Waals surface area (Å²) >= 11 is 2.51. The predicted octanol–water partition coefficient (Wildman–Crippen LogP) is 6.06. The van der Waals surface area contributed by atoms with E-state index in [4.69, 9.17) is 4.52 Å². The topological polar surface area (TPSA) is 80.9 Å². The zero-order chi connectivity index (χ0) is 22.7. The van der Waals surface area contributed by atoms with Gasteiger partial charge in [0, 0.05) is 15.8 Å². The van der Waals surface area contributed by atoms with Crippen LogP contribution in [0.2, 0.25) is 0 Å². The van der Waals surface area contributed by atoms with Crippen LogP contribution in [0.4, 0.5) is 18.3 Å². The number of aromatic nitrogens is 3. The Morgan fingerprint density at radius 3 is 2.72 bits per heavy atom. The molecule has 6 nitrogen and oxygen atoms in total. The van der Waals surface area contributed by atoms with Gasteiger partial charge < -0.3 is 4.52 Å². The van der Waals surface area contributed by atoms with Crippen molar-refractivity contribution < 1.29 is 22.5 Å². The highest BCUT2D eigenvalue weighted by Gasteiger charge is 2.30. The van der Waals surface area contributed by atoms with Crippen molar-refractivity contribution in [3.63, 3.8) is 0 Å². The molecule has 4 rings (SSSR count). The Morgan fingerprint density at radius 2 is 1.97 bits per heavy atom. The minimum atomic E-state index is -4.44. The zero-order valence-corrected chi connectivity index (χ0v) is 18.1. The van der Waals surface area contributed by atoms with Gasteiger partial charge in [-0.05, 0) is 31.2 Å². The molecule has 0 aliphatic heterocycles. The van der Waals surface area contributed by atoms with Crippen LogP contribution in [-0.4, -0.2) is 21.0 Å². The van der Waals surface area contributed by atoms with E-state index < -0.39 is 11.7 Å². The number of benzene rings is 2. The molecule has 0 atom stereocenters. The number of rotatable bonds is 6. The Labute approximate surface area is 188 Å². The molecule has 0 aliphatic carbocycles. The van der Waals surface area contributed by atoms with Gasteiger partial charge in [0.05, 0.1) is 22.6 Å². The first-order chi connectivity index (χ1) is 15.3. The van der Waals surface area contributed by atoms with Crippen molar-refractivity contribution in [2.24, 2.45) is 0 Å². The number of carbonyl (C=O) groups is 1. The number of aryl methyl sites for hydroxylation is 1. The molecule has 0 aliphatic rings. The lowest BCUT2D eigenvalue weighted by Crippen LogP contribution is -2.12. The molecular weight excluding hydrogens is 461 g/mol. The molecule has 2 aromatic carbocycles. The summed E-state index contributed by atoms with van der Waals surface area (Å²) in [6, 6.07) is 11.9. The number of hydrogen-bond acceptors (Lipinski definition) is 7. The van der Waals surface area contributed by atoms with E-state index >= 15 is 0 Å². The van der Waals surface area contributed by atoms with Crippen LogP contribution in [0.5, 0.6) is 0 Å². The van der Waals surface area contributed by atoms with Crippen LogP contribution >= 0.6 is 23.1 Å². The lowest BCUT2D eigenvalue weighted by atomic mass is 10.1. The third-order valence-electron chi connectivity index (χ3n) is 4.26. The summed E-state index contributed by atoms with van der Waals surface area (Å²) in [6.07, 6.45) is -4.44. The van der Waals surface area contributed by atoms with Gasteiger partial charge in [-0.1, -0.05) is 29.4 Å². The Kier molecular flexibility index (Phi) is 6.28. The van der Waals surface area contributed by atoms with Crippen molar-refractivity contribution in [1.29, 1.82) is 0 Å². The van der Waals surface area contributed by atoms with E-state index in [2.05, 4.69) is 20.4 Å². The maximum absolute atomic E-state index is 13.0. The first-order valence-electron chi connectivity index (χ1n) is 9.25. The first-order valence-corrected chi connectivity index (χ1v) is 11.1. The van der Waals surface area contributed by atoms with Crippen molar-refractivity contribution in [2.75, 3.05) is 5.32 Å². The molecule has 0 saturated heterocycles. The van der Waals surface area contributed by atoms with Gasteiger partial charge in [0.2, 0.25) is 5.89 Å². The second kappa shape index (κ2) is 9.13. The van der Waals surface area contributed by atoms with E-state index in [0.29, 0.717) is 34.3 Å². The van der Waals surface area contributed by atoms with Crippen molar-refractivity contribution in [1.82, 2.24) is 15.1 Å². The fourth-order valence-electron chi connectivity index (χ4n) is 2.80. The quantitative estimate of drug-likeness (QED) is 0.341. The van der Waals surface area contributed by atoms with Crippen LogP contribution in [0.1, 0.15) is 27.6 Å². The van der Waals surface area contributed by atoms with E-state index in [1.807, 2.05) is 6.07 Å². The first kappa shape index (κ1) is 22.0. The fourth-order valence-corrected chi connectivity index (χ4v) is 4.40. The molecule has 0 fully saturated rings. The number of hydrogen-bond donors (Lipinski definition) is 1. The molecular formula is C21H15F3N4O2S2. The second-order valence-electron chi connectivity index (χ2n) is 6.59. The number of halogens is 3. The average molecular weight is 477 g/mol. The molecule has 11 heteroatoms. The Morgan fingerprint density at radius 1 is 1.16 bits per heavy atom. The molecule has 0 spiro atoms. The third-order valence-corrected chi connectivity index (χ3v) is 6.08. The summed E-state index contributed by atoms with van der Waals surface area (Å²) in [5.41, 5.74) is 0.355. The monoisotopic (exact) mass is 476 g/mol. The molecule has 0 radical (unpaired) electrons. The van der Waals surface area contributed by atoms with Crippen molar-refractivity contribution in [2.45, 2.75) is 23.7 Å². The van der Waals surface area contributed by atoms with Gasteiger partial charge in [-0.15, -0.1) is 23.1 Å². The van der Waals surface area contributed by atoms with Crippen LogP contribution in [0.3, 0.4) is 0 Å². The van der Waals surface area contributed by atoms with Gasteiger partial charge in [-0.2, -0.15) is 18.2 Å². The van der Waals surface area contributed by atoms with Gasteiger partial charge in [-0.25, -0.2) is 4.98 Å². The van der Waals surface area contributed by atoms with Gasteiger partial charge in [-0.3, -0.25) is 10.1 Å². The molecule has 2 heterocycles. The number of thioether (sulfide) groups is 1. The Bertz CT molecular complexity index is 1250. The second-order valence-corrected chi connectivity index (χ2v) is 8.47. The van der Waals surface area contributed by atoms with Gasteiger partial charge in [0.1, 0.15) is 0 Å². The lowest BCUT2D eigenvalue weighted by Gasteiger charge is -2.08. The molecule has 0 bridgehead atoms. The van der Waals surface area contributed by atoms with Gasteiger partial charge in [0.15, 0.2) is 11.0 Å². The van der Waals surface area contributed by atoms with Gasteiger partial charge in [0.25, 0.3) is 5.91 Å². The highest BCUT2D eigenvalue weighted by Crippen LogP contribution is 2.33. The number of anilines is 1. The average Bonchev–Trinajstić information content (AvgIpc) is 3.41. The number of carbonyl (C=O) groups excluding carboxylic acids is 1. The molecule has 0 saturated carbocycles. The van der Waals surface area contributed by atoms with Crippen LogP contribution in [0.25, 0.3) is 11.3 Å². The number of nitrogens with zero attached hydrogens (tertiary/aromatic N) is 3. The predicted molar refractivity (Wildman–Crippen MR) is 116 cm³/mol. The maximum Gasteiger partial charge on any atom is 0.416 e. The largest absolute Gasteiger partial charge is 0.416 e. The van der Waals surface area contributed by atoms with Crippen molar-refractivity contribution >= 4 is 34.1 Å². The standard InChI is InChI=1S/C21H15F3N4O2S2/c1-12-25-18(30-28-12)11-31-17-8-3-2-7-15(17)19(29)27-20-26-16(10-32-20)13-5-4-6-14(9-13)21(22,23)24/h2-10H,11H2,1H3,(H,26,27,29). The lowest BCUT2D eigenvalue weighted by molar-refractivity contribution is -0.137. The molecule has 1 amide bonds. The summed E-state index contributed by atoms with van der Waals surface area (Å²) in [5, 5.41) is 8.35. The minimum Gasteiger partial charge on any atom is -0.338 e. The fraction of sp³-hybridized carbons (Fsp3) is 0.143. The normalized spacial score (nSPS) is 11.5. The number of amides is 1. The summed E-state index contributed by atoms with van der Waals surface area (Å²) in [5.74, 6) is 1.02. The number of alkyl halides is 3. The van der Waals surface area contributed by atoms with E-state index in [0.717, 1.165) is 28.4 Å². The number of nitrogens with one attached hydrogen (secondary N) is 1. The number of thiazole rings is 1. The Hall–Kier alpha value is -3.18. The van der Waals surface area contributed by atoms with Crippen molar-refractivity contribution in [3.8, 4) is 11.3 Å². The summed E-state index contributed by atoms with van der Waals surface area (Å²) in [6.45, 7) is 1.72. The van der Waals surface area contributed by atoms with E-state index in [1.165, 1.54) is 17.8 Å². The van der Waals surface area contributed by atoms with E-state index in [1.54, 1.807) is 36.6 Å². The SMILES string of the molecule is Cc1noc(CSc2ccccc2C(=O)Nc2nc(-c3cccc(C(F)(F)F)c3)cs2)n1. The highest BCUT2D eigenvalue weighted by molar-refractivity contribution is 7.98. The minimum absolute atomic E-state index is 0.287. The molecule has 1 N–H and O–H groups in total. The van der Waals surface area contributed by atoms with Crippen LogP contribution in [0, 0.1) is 6.92 Å². The molecule has 2 aromatic heterocycles. The zero-order valence-electron chi connectivity index (χ0n) is 16.5. The molecule has 32 heavy (non-hydrogen) atoms. The van der Waals surface area contributed by atoms with Crippen LogP contribution in [-0.2, 0) is 11.9 Å². The van der Waals surface area contributed by atoms with E-state index in [-0.39, 0.29) is 11.0 Å². The van der Waals surface area contributed by atoms with Crippen LogP contribution in [0.15, 0.2) is 63.3 Å². The van der Waals surface area contributed by atoms with Gasteiger partial charge >= 0.3 is 6.18 Å². The van der Waals surface area contributed by atoms with Crippen molar-refractivity contribution in [3.05, 3.63) is 76.8 Å². The maximum atomic E-state index is 13.0.